The highest BCUT2D eigenvalue weighted by atomic mass is 31.2. The van der Waals surface area contributed by atoms with Gasteiger partial charge in [-0.05, 0) is 20.8 Å². The number of imidazole rings is 1. The molecule has 0 saturated carbocycles. The molecule has 2 rings (SSSR count). The van der Waals surface area contributed by atoms with Gasteiger partial charge < -0.3 is 10.3 Å². The van der Waals surface area contributed by atoms with Gasteiger partial charge in [0.15, 0.2) is 11.5 Å². The van der Waals surface area contributed by atoms with Crippen LogP contribution in [0.2, 0.25) is 0 Å². The zero-order valence-corrected chi connectivity index (χ0v) is 13.7. The first-order chi connectivity index (χ1) is 10.5. The standard InChI is InChI=1S/C12H20N5O4P/c1-4-19-22(18,20-5-2)21-9(3)6-17-8-16-10-11(13)14-7-15-12(10)17/h7-9H,4-6H2,1-3H3,(H2,13,14,15)/t9-/m1/s1. The Labute approximate surface area is 128 Å². The van der Waals surface area contributed by atoms with Crippen LogP contribution in [0.3, 0.4) is 0 Å². The molecule has 1 atom stereocenters. The number of fused-ring (bicyclic) bond motifs is 1. The fourth-order valence-electron chi connectivity index (χ4n) is 1.98. The SMILES string of the molecule is CCOP(=O)(OCC)O[C@H](C)Cn1cnc2c(N)ncnc21. The largest absolute Gasteiger partial charge is 0.475 e. The molecule has 0 saturated heterocycles. The van der Waals surface area contributed by atoms with E-state index in [1.54, 1.807) is 31.7 Å². The van der Waals surface area contributed by atoms with E-state index in [2.05, 4.69) is 15.0 Å². The molecule has 2 aromatic rings. The van der Waals surface area contributed by atoms with Gasteiger partial charge in [0.05, 0.1) is 32.2 Å². The summed E-state index contributed by atoms with van der Waals surface area (Å²) in [5.74, 6) is 0.312. The number of nitrogens with two attached hydrogens (primary N) is 1. The maximum atomic E-state index is 12.3. The molecule has 0 aromatic carbocycles. The normalized spacial score (nSPS) is 13.6. The lowest BCUT2D eigenvalue weighted by Crippen LogP contribution is -2.17. The van der Waals surface area contributed by atoms with Crippen molar-refractivity contribution in [3.8, 4) is 0 Å². The van der Waals surface area contributed by atoms with Crippen LogP contribution in [0.25, 0.3) is 11.2 Å². The summed E-state index contributed by atoms with van der Waals surface area (Å²) in [5.41, 5.74) is 6.85. The fraction of sp³-hybridized carbons (Fsp3) is 0.583. The third-order valence-electron chi connectivity index (χ3n) is 2.77. The smallest absolute Gasteiger partial charge is 0.382 e. The molecule has 2 aromatic heterocycles. The molecule has 0 aliphatic carbocycles. The van der Waals surface area contributed by atoms with Crippen LogP contribution in [-0.2, 0) is 24.7 Å². The van der Waals surface area contributed by atoms with Gasteiger partial charge in [-0.25, -0.2) is 19.5 Å². The van der Waals surface area contributed by atoms with Gasteiger partial charge in [-0.1, -0.05) is 0 Å². The lowest BCUT2D eigenvalue weighted by molar-refractivity contribution is 0.0842. The highest BCUT2D eigenvalue weighted by molar-refractivity contribution is 7.48. The first kappa shape index (κ1) is 16.8. The van der Waals surface area contributed by atoms with E-state index < -0.39 is 13.9 Å². The molecular formula is C12H20N5O4P. The molecule has 0 fully saturated rings. The summed E-state index contributed by atoms with van der Waals surface area (Å²) >= 11 is 0. The minimum Gasteiger partial charge on any atom is -0.382 e. The molecule has 2 N–H and O–H groups in total. The first-order valence-corrected chi connectivity index (χ1v) is 8.44. The van der Waals surface area contributed by atoms with E-state index in [0.29, 0.717) is 23.5 Å². The van der Waals surface area contributed by atoms with Gasteiger partial charge in [-0.2, -0.15) is 0 Å². The van der Waals surface area contributed by atoms with Crippen LogP contribution in [0.5, 0.6) is 0 Å². The van der Waals surface area contributed by atoms with Crippen molar-refractivity contribution in [3.05, 3.63) is 12.7 Å². The van der Waals surface area contributed by atoms with E-state index in [-0.39, 0.29) is 13.2 Å². The lowest BCUT2D eigenvalue weighted by Gasteiger charge is -2.21. The van der Waals surface area contributed by atoms with Gasteiger partial charge in [-0.15, -0.1) is 0 Å². The average Bonchev–Trinajstić information content (AvgIpc) is 2.83. The van der Waals surface area contributed by atoms with Crippen molar-refractivity contribution in [2.75, 3.05) is 18.9 Å². The van der Waals surface area contributed by atoms with Crippen molar-refractivity contribution < 1.29 is 18.1 Å². The van der Waals surface area contributed by atoms with Crippen LogP contribution in [0.1, 0.15) is 20.8 Å². The molecule has 0 spiro atoms. The van der Waals surface area contributed by atoms with E-state index in [1.165, 1.54) is 6.33 Å². The molecular weight excluding hydrogens is 309 g/mol. The van der Waals surface area contributed by atoms with Crippen molar-refractivity contribution in [3.63, 3.8) is 0 Å². The monoisotopic (exact) mass is 329 g/mol. The van der Waals surface area contributed by atoms with Gasteiger partial charge in [0.1, 0.15) is 11.8 Å². The zero-order valence-electron chi connectivity index (χ0n) is 12.8. The number of rotatable bonds is 8. The highest BCUT2D eigenvalue weighted by Crippen LogP contribution is 2.50. The molecule has 22 heavy (non-hydrogen) atoms. The Morgan fingerprint density at radius 3 is 2.59 bits per heavy atom. The molecule has 9 nitrogen and oxygen atoms in total. The van der Waals surface area contributed by atoms with E-state index >= 15 is 0 Å². The lowest BCUT2D eigenvalue weighted by atomic mass is 10.4. The minimum atomic E-state index is -3.55. The predicted octanol–water partition coefficient (Wildman–Crippen LogP) is 1.99. The quantitative estimate of drug-likeness (QED) is 0.731. The van der Waals surface area contributed by atoms with Crippen molar-refractivity contribution in [2.45, 2.75) is 33.4 Å². The van der Waals surface area contributed by atoms with Gasteiger partial charge in [-0.3, -0.25) is 13.6 Å². The second-order valence-electron chi connectivity index (χ2n) is 4.53. The second-order valence-corrected chi connectivity index (χ2v) is 6.15. The zero-order chi connectivity index (χ0) is 16.2. The summed E-state index contributed by atoms with van der Waals surface area (Å²) in [4.78, 5) is 12.2. The van der Waals surface area contributed by atoms with Crippen LogP contribution in [0.15, 0.2) is 12.7 Å². The highest BCUT2D eigenvalue weighted by Gasteiger charge is 2.28. The molecule has 0 aliphatic heterocycles. The first-order valence-electron chi connectivity index (χ1n) is 6.98. The summed E-state index contributed by atoms with van der Waals surface area (Å²) in [7, 11) is -3.55. The minimum absolute atomic E-state index is 0.238. The van der Waals surface area contributed by atoms with E-state index in [0.717, 1.165) is 0 Å². The van der Waals surface area contributed by atoms with Gasteiger partial charge in [0.2, 0.25) is 0 Å². The van der Waals surface area contributed by atoms with E-state index in [4.69, 9.17) is 19.3 Å². The number of hydrogen-bond donors (Lipinski definition) is 1. The predicted molar refractivity (Wildman–Crippen MR) is 81.1 cm³/mol. The third-order valence-corrected chi connectivity index (χ3v) is 4.53. The molecule has 0 amide bonds. The Morgan fingerprint density at radius 2 is 1.95 bits per heavy atom. The van der Waals surface area contributed by atoms with Crippen molar-refractivity contribution in [2.24, 2.45) is 0 Å². The Kier molecular flexibility index (Phi) is 5.47. The van der Waals surface area contributed by atoms with Crippen LogP contribution in [0.4, 0.5) is 5.82 Å². The van der Waals surface area contributed by atoms with Gasteiger partial charge in [0.25, 0.3) is 0 Å². The summed E-state index contributed by atoms with van der Waals surface area (Å²) in [6.45, 7) is 6.06. The molecule has 0 unspecified atom stereocenters. The summed E-state index contributed by atoms with van der Waals surface area (Å²) in [5, 5.41) is 0. The number of anilines is 1. The maximum absolute atomic E-state index is 12.3. The van der Waals surface area contributed by atoms with Crippen molar-refractivity contribution >= 4 is 24.8 Å². The molecule has 0 radical (unpaired) electrons. The van der Waals surface area contributed by atoms with Crippen LogP contribution in [-0.4, -0.2) is 38.8 Å². The Morgan fingerprint density at radius 1 is 1.27 bits per heavy atom. The van der Waals surface area contributed by atoms with Crippen molar-refractivity contribution in [1.82, 2.24) is 19.5 Å². The Hall–Kier alpha value is -1.54. The summed E-state index contributed by atoms with van der Waals surface area (Å²) in [6.07, 6.45) is 2.52. The van der Waals surface area contributed by atoms with E-state index in [1.807, 2.05) is 0 Å². The number of nitrogen functional groups attached to an aromatic ring is 1. The molecule has 122 valence electrons. The van der Waals surface area contributed by atoms with Gasteiger partial charge in [0, 0.05) is 0 Å². The third kappa shape index (κ3) is 3.80. The van der Waals surface area contributed by atoms with Gasteiger partial charge >= 0.3 is 7.82 Å². The summed E-state index contributed by atoms with van der Waals surface area (Å²) < 4.78 is 29.8. The van der Waals surface area contributed by atoms with Crippen LogP contribution < -0.4 is 5.73 Å². The Bertz CT molecular complexity index is 667. The fourth-order valence-corrected chi connectivity index (χ4v) is 3.31. The Balaban J connectivity index is 2.12. The van der Waals surface area contributed by atoms with E-state index in [9.17, 15) is 4.57 Å². The number of nitrogens with zero attached hydrogens (tertiary/aromatic N) is 4. The molecule has 10 heteroatoms. The average molecular weight is 329 g/mol. The number of phosphoric ester groups is 1. The van der Waals surface area contributed by atoms with Crippen LogP contribution >= 0.6 is 7.82 Å². The van der Waals surface area contributed by atoms with Crippen molar-refractivity contribution in [1.29, 1.82) is 0 Å². The second kappa shape index (κ2) is 7.15. The molecule has 0 aliphatic rings. The molecule has 0 bridgehead atoms. The number of hydrogen-bond acceptors (Lipinski definition) is 8. The number of phosphoric acid groups is 1. The molecule has 2 heterocycles. The number of aromatic nitrogens is 4. The van der Waals surface area contributed by atoms with Crippen LogP contribution in [0, 0.1) is 0 Å². The summed E-state index contributed by atoms with van der Waals surface area (Å²) in [6, 6.07) is 0. The topological polar surface area (TPSA) is 114 Å². The maximum Gasteiger partial charge on any atom is 0.475 e.